The van der Waals surface area contributed by atoms with Gasteiger partial charge in [-0.2, -0.15) is 0 Å². The van der Waals surface area contributed by atoms with Crippen LogP contribution in [0, 0.1) is 0 Å². The van der Waals surface area contributed by atoms with Crippen LogP contribution in [0.25, 0.3) is 0 Å². The topological polar surface area (TPSA) is 63.7 Å². The largest absolute Gasteiger partial charge is 0.465 e. The fraction of sp³-hybridized carbons (Fsp3) is 0.0625. The third-order valence-corrected chi connectivity index (χ3v) is 6.24. The zero-order chi connectivity index (χ0) is 17.5. The maximum Gasteiger partial charge on any atom is 0.351 e. The molecule has 0 amide bonds. The second kappa shape index (κ2) is 6.34. The number of sulfone groups is 1. The van der Waals surface area contributed by atoms with E-state index in [0.29, 0.717) is 11.4 Å². The molecule has 0 N–H and O–H groups in total. The van der Waals surface area contributed by atoms with Gasteiger partial charge in [-0.3, -0.25) is 0 Å². The number of hydrogen-bond acceptors (Lipinski definition) is 5. The van der Waals surface area contributed by atoms with E-state index in [9.17, 15) is 13.2 Å². The number of methoxy groups -OCH3 is 1. The molecule has 124 valence electrons. The van der Waals surface area contributed by atoms with Gasteiger partial charge in [0.05, 0.1) is 17.7 Å². The number of nitrogens with zero attached hydrogens (tertiary/aromatic N) is 1. The van der Waals surface area contributed by atoms with Crippen LogP contribution in [-0.2, 0) is 19.4 Å². The number of carbonyl (C=O) groups excluding carboxylic acids is 1. The van der Waals surface area contributed by atoms with Gasteiger partial charge >= 0.3 is 5.97 Å². The first kappa shape index (κ1) is 17.2. The Balaban J connectivity index is 2.31. The van der Waals surface area contributed by atoms with Gasteiger partial charge in [0.2, 0.25) is 9.84 Å². The van der Waals surface area contributed by atoms with Crippen molar-refractivity contribution in [3.05, 3.63) is 62.5 Å². The molecule has 5 nitrogen and oxygen atoms in total. The Kier molecular flexibility index (Phi) is 4.54. The Morgan fingerprint density at radius 3 is 2.46 bits per heavy atom. The lowest BCUT2D eigenvalue weighted by Crippen LogP contribution is -2.26. The van der Waals surface area contributed by atoms with Crippen LogP contribution in [-0.4, -0.2) is 21.5 Å². The van der Waals surface area contributed by atoms with Crippen molar-refractivity contribution in [3.8, 4) is 0 Å². The lowest BCUT2D eigenvalue weighted by atomic mass is 10.2. The summed E-state index contributed by atoms with van der Waals surface area (Å²) in [5.41, 5.74) is 1.16. The molecule has 1 aliphatic rings. The van der Waals surface area contributed by atoms with Crippen LogP contribution in [0.15, 0.2) is 67.4 Å². The van der Waals surface area contributed by atoms with Crippen molar-refractivity contribution in [3.63, 3.8) is 0 Å². The van der Waals surface area contributed by atoms with Gasteiger partial charge in [-0.1, -0.05) is 37.9 Å². The molecular formula is C16H11Br2NO4S. The fourth-order valence-corrected chi connectivity index (χ4v) is 4.58. The predicted molar refractivity (Wildman–Crippen MR) is 97.7 cm³/mol. The summed E-state index contributed by atoms with van der Waals surface area (Å²) in [4.78, 5) is 13.3. The number of fused-ring (bicyclic) bond motifs is 1. The predicted octanol–water partition coefficient (Wildman–Crippen LogP) is 4.15. The standard InChI is InChI=1S/C16H11Br2NO4S/c1-23-16(20)15-9-19(12-4-2-3-10(17)7-12)13-8-11(18)5-6-14(13)24(15,21)22/h2-9H,1H3. The van der Waals surface area contributed by atoms with Gasteiger partial charge in [-0.05, 0) is 36.4 Å². The van der Waals surface area contributed by atoms with Gasteiger partial charge in [0.15, 0.2) is 4.91 Å². The molecule has 2 aromatic carbocycles. The van der Waals surface area contributed by atoms with Crippen molar-refractivity contribution in [1.82, 2.24) is 0 Å². The number of benzene rings is 2. The molecule has 0 unspecified atom stereocenters. The molecule has 24 heavy (non-hydrogen) atoms. The molecule has 2 aromatic rings. The molecule has 0 saturated carbocycles. The van der Waals surface area contributed by atoms with Crippen molar-refractivity contribution in [2.45, 2.75) is 4.90 Å². The number of anilines is 2. The molecule has 1 aliphatic heterocycles. The summed E-state index contributed by atoms with van der Waals surface area (Å²) >= 11 is 6.75. The van der Waals surface area contributed by atoms with E-state index < -0.39 is 20.7 Å². The number of esters is 1. The summed E-state index contributed by atoms with van der Waals surface area (Å²) in [5.74, 6) is -0.899. The molecule has 0 saturated heterocycles. The van der Waals surface area contributed by atoms with E-state index >= 15 is 0 Å². The second-order valence-corrected chi connectivity index (χ2v) is 8.67. The Bertz CT molecular complexity index is 970. The summed E-state index contributed by atoms with van der Waals surface area (Å²) in [6.07, 6.45) is 1.29. The van der Waals surface area contributed by atoms with Gasteiger partial charge in [0.1, 0.15) is 0 Å². The quantitative estimate of drug-likeness (QED) is 0.614. The monoisotopic (exact) mass is 471 g/mol. The Hall–Kier alpha value is -1.64. The van der Waals surface area contributed by atoms with E-state index in [4.69, 9.17) is 0 Å². The van der Waals surface area contributed by atoms with Crippen LogP contribution in [0.2, 0.25) is 0 Å². The first-order chi connectivity index (χ1) is 11.3. The smallest absolute Gasteiger partial charge is 0.351 e. The third-order valence-electron chi connectivity index (χ3n) is 3.48. The lowest BCUT2D eigenvalue weighted by Gasteiger charge is -2.28. The normalized spacial score (nSPS) is 15.5. The molecule has 0 radical (unpaired) electrons. The van der Waals surface area contributed by atoms with E-state index in [0.717, 1.165) is 16.1 Å². The van der Waals surface area contributed by atoms with Crippen molar-refractivity contribution in [2.24, 2.45) is 0 Å². The summed E-state index contributed by atoms with van der Waals surface area (Å²) in [6.45, 7) is 0. The second-order valence-electron chi connectivity index (χ2n) is 4.95. The molecule has 0 spiro atoms. The van der Waals surface area contributed by atoms with Crippen molar-refractivity contribution in [2.75, 3.05) is 12.0 Å². The molecule has 8 heteroatoms. The highest BCUT2D eigenvalue weighted by molar-refractivity contribution is 9.10. The maximum atomic E-state index is 12.7. The first-order valence-electron chi connectivity index (χ1n) is 6.74. The first-order valence-corrected chi connectivity index (χ1v) is 9.81. The van der Waals surface area contributed by atoms with E-state index in [1.54, 1.807) is 17.0 Å². The minimum Gasteiger partial charge on any atom is -0.465 e. The Morgan fingerprint density at radius 1 is 1.08 bits per heavy atom. The number of ether oxygens (including phenoxy) is 1. The highest BCUT2D eigenvalue weighted by Gasteiger charge is 2.36. The average molecular weight is 473 g/mol. The van der Waals surface area contributed by atoms with Crippen LogP contribution < -0.4 is 4.90 Å². The maximum absolute atomic E-state index is 12.7. The number of halogens is 2. The highest BCUT2D eigenvalue weighted by Crippen LogP contribution is 2.41. The zero-order valence-electron chi connectivity index (χ0n) is 12.4. The van der Waals surface area contributed by atoms with Crippen molar-refractivity contribution >= 4 is 59.0 Å². The summed E-state index contributed by atoms with van der Waals surface area (Å²) < 4.78 is 31.7. The van der Waals surface area contributed by atoms with Crippen molar-refractivity contribution in [1.29, 1.82) is 0 Å². The van der Waals surface area contributed by atoms with E-state index in [1.165, 1.54) is 12.3 Å². The molecule has 0 aromatic heterocycles. The number of rotatable bonds is 2. The third kappa shape index (κ3) is 2.89. The summed E-state index contributed by atoms with van der Waals surface area (Å²) in [5, 5.41) is 0. The zero-order valence-corrected chi connectivity index (χ0v) is 16.4. The van der Waals surface area contributed by atoms with Gasteiger partial charge in [-0.15, -0.1) is 0 Å². The highest BCUT2D eigenvalue weighted by atomic mass is 79.9. The SMILES string of the molecule is COC(=O)C1=CN(c2cccc(Br)c2)c2cc(Br)ccc2S1(=O)=O. The van der Waals surface area contributed by atoms with Gasteiger partial charge in [-0.25, -0.2) is 13.2 Å². The molecule has 0 atom stereocenters. The van der Waals surface area contributed by atoms with Crippen LogP contribution in [0.5, 0.6) is 0 Å². The van der Waals surface area contributed by atoms with Gasteiger partial charge in [0.25, 0.3) is 0 Å². The molecule has 1 heterocycles. The minimum absolute atomic E-state index is 0.0496. The number of hydrogen-bond donors (Lipinski definition) is 0. The molecular weight excluding hydrogens is 462 g/mol. The van der Waals surface area contributed by atoms with Gasteiger partial charge < -0.3 is 9.64 Å². The summed E-state index contributed by atoms with van der Waals surface area (Å²) in [6, 6.07) is 12.1. The van der Waals surface area contributed by atoms with E-state index in [2.05, 4.69) is 36.6 Å². The molecule has 0 bridgehead atoms. The average Bonchev–Trinajstić information content (AvgIpc) is 2.54. The fourth-order valence-electron chi connectivity index (χ4n) is 2.38. The van der Waals surface area contributed by atoms with Crippen LogP contribution in [0.1, 0.15) is 0 Å². The summed E-state index contributed by atoms with van der Waals surface area (Å²) in [7, 11) is -2.80. The van der Waals surface area contributed by atoms with E-state index in [1.807, 2.05) is 24.3 Å². The van der Waals surface area contributed by atoms with Gasteiger partial charge in [0, 0.05) is 20.8 Å². The van der Waals surface area contributed by atoms with Crippen LogP contribution in [0.4, 0.5) is 11.4 Å². The Labute approximate surface area is 156 Å². The lowest BCUT2D eigenvalue weighted by molar-refractivity contribution is -0.135. The molecule has 0 fully saturated rings. The van der Waals surface area contributed by atoms with Crippen LogP contribution in [0.3, 0.4) is 0 Å². The minimum atomic E-state index is -3.95. The molecule has 0 aliphatic carbocycles. The molecule has 3 rings (SSSR count). The number of carbonyl (C=O) groups is 1. The van der Waals surface area contributed by atoms with E-state index in [-0.39, 0.29) is 4.90 Å². The Morgan fingerprint density at radius 2 is 1.79 bits per heavy atom. The van der Waals surface area contributed by atoms with Crippen molar-refractivity contribution < 1.29 is 17.9 Å². The van der Waals surface area contributed by atoms with Crippen LogP contribution >= 0.6 is 31.9 Å².